The fourth-order valence-electron chi connectivity index (χ4n) is 3.83. The van der Waals surface area contributed by atoms with Gasteiger partial charge in [-0.2, -0.15) is 0 Å². The lowest BCUT2D eigenvalue weighted by Gasteiger charge is -2.29. The van der Waals surface area contributed by atoms with E-state index in [2.05, 4.69) is 15.6 Å². The van der Waals surface area contributed by atoms with Gasteiger partial charge in [-0.05, 0) is 48.9 Å². The first-order valence-electron chi connectivity index (χ1n) is 10.6. The Kier molecular flexibility index (Phi) is 6.71. The van der Waals surface area contributed by atoms with Crippen LogP contribution in [0.5, 0.6) is 0 Å². The van der Waals surface area contributed by atoms with Crippen molar-refractivity contribution in [1.82, 2.24) is 10.3 Å². The number of nitrogens with one attached hydrogen (secondary N) is 2. The molecule has 1 amide bonds. The van der Waals surface area contributed by atoms with Crippen LogP contribution in [0.3, 0.4) is 0 Å². The lowest BCUT2D eigenvalue weighted by atomic mass is 10.0. The van der Waals surface area contributed by atoms with Gasteiger partial charge in [0.15, 0.2) is 0 Å². The van der Waals surface area contributed by atoms with Crippen LogP contribution in [0.15, 0.2) is 76.7 Å². The second-order valence-corrected chi connectivity index (χ2v) is 9.93. The van der Waals surface area contributed by atoms with Gasteiger partial charge in [-0.25, -0.2) is 12.8 Å². The van der Waals surface area contributed by atoms with Gasteiger partial charge in [0.05, 0.1) is 27.1 Å². The van der Waals surface area contributed by atoms with Crippen molar-refractivity contribution in [3.8, 4) is 0 Å². The zero-order chi connectivity index (χ0) is 23.4. The molecule has 1 aromatic heterocycles. The summed E-state index contributed by atoms with van der Waals surface area (Å²) in [6.07, 6.45) is 1.29. The molecule has 1 aliphatic rings. The number of benzene rings is 2. The van der Waals surface area contributed by atoms with Gasteiger partial charge in [0.1, 0.15) is 6.17 Å². The Hall–Kier alpha value is -3.30. The van der Waals surface area contributed by atoms with Crippen LogP contribution in [0.1, 0.15) is 28.0 Å². The van der Waals surface area contributed by atoms with Crippen LogP contribution < -0.4 is 16.4 Å². The Morgan fingerprint density at radius 2 is 1.82 bits per heavy atom. The predicted octanol–water partition coefficient (Wildman–Crippen LogP) is 2.72. The summed E-state index contributed by atoms with van der Waals surface area (Å²) < 4.78 is 39.8. The quantitative estimate of drug-likeness (QED) is 0.491. The van der Waals surface area contributed by atoms with Gasteiger partial charge in [-0.15, -0.1) is 0 Å². The number of aromatic nitrogens is 1. The van der Waals surface area contributed by atoms with Crippen molar-refractivity contribution in [3.05, 3.63) is 83.7 Å². The molecule has 7 nitrogen and oxygen atoms in total. The normalized spacial score (nSPS) is 18.6. The van der Waals surface area contributed by atoms with E-state index in [1.807, 2.05) is 0 Å². The van der Waals surface area contributed by atoms with Crippen molar-refractivity contribution < 1.29 is 17.6 Å². The van der Waals surface area contributed by atoms with E-state index < -0.39 is 28.0 Å². The molecule has 0 bridgehead atoms. The van der Waals surface area contributed by atoms with E-state index >= 15 is 0 Å². The Morgan fingerprint density at radius 1 is 1.12 bits per heavy atom. The number of piperidine rings is 1. The van der Waals surface area contributed by atoms with Gasteiger partial charge in [0.2, 0.25) is 9.84 Å². The number of pyridine rings is 1. The van der Waals surface area contributed by atoms with Gasteiger partial charge >= 0.3 is 0 Å². The molecule has 2 aromatic carbocycles. The third-order valence-electron chi connectivity index (χ3n) is 5.65. The summed E-state index contributed by atoms with van der Waals surface area (Å²) in [5, 5.41) is 6.11. The Balaban J connectivity index is 1.54. The number of alkyl halides is 1. The average molecular weight is 469 g/mol. The molecule has 2 heterocycles. The molecule has 1 fully saturated rings. The van der Waals surface area contributed by atoms with Crippen LogP contribution in [-0.2, 0) is 16.3 Å². The molecule has 4 rings (SSSR count). The first-order valence-corrected chi connectivity index (χ1v) is 12.1. The number of amides is 1. The van der Waals surface area contributed by atoms with Crippen molar-refractivity contribution in [3.63, 3.8) is 0 Å². The Labute approximate surface area is 192 Å². The summed E-state index contributed by atoms with van der Waals surface area (Å²) in [6, 6.07) is 16.1. The topological polar surface area (TPSA) is 114 Å². The highest BCUT2D eigenvalue weighted by Crippen LogP contribution is 2.24. The van der Waals surface area contributed by atoms with Crippen LogP contribution in [0.2, 0.25) is 0 Å². The summed E-state index contributed by atoms with van der Waals surface area (Å²) in [5.74, 6) is -0.642. The lowest BCUT2D eigenvalue weighted by molar-refractivity contribution is 0.100. The largest absolute Gasteiger partial charge is 0.379 e. The van der Waals surface area contributed by atoms with E-state index in [-0.39, 0.29) is 21.9 Å². The second-order valence-electron chi connectivity index (χ2n) is 7.98. The number of carbonyl (C=O) groups excluding carboxylic acids is 1. The molecule has 33 heavy (non-hydrogen) atoms. The average Bonchev–Trinajstić information content (AvgIpc) is 2.81. The van der Waals surface area contributed by atoms with Crippen LogP contribution in [-0.4, -0.2) is 44.6 Å². The molecule has 0 saturated carbocycles. The number of nitrogens with zero attached hydrogens (tertiary/aromatic N) is 1. The number of hydrogen-bond acceptors (Lipinski definition) is 6. The van der Waals surface area contributed by atoms with Crippen molar-refractivity contribution in [1.29, 1.82) is 0 Å². The highest BCUT2D eigenvalue weighted by Gasteiger charge is 2.26. The number of anilines is 1. The van der Waals surface area contributed by atoms with Gasteiger partial charge in [0.25, 0.3) is 5.91 Å². The van der Waals surface area contributed by atoms with E-state index in [4.69, 9.17) is 5.73 Å². The minimum Gasteiger partial charge on any atom is -0.379 e. The molecule has 0 aliphatic carbocycles. The summed E-state index contributed by atoms with van der Waals surface area (Å²) in [4.78, 5) is 16.6. The van der Waals surface area contributed by atoms with Gasteiger partial charge in [0, 0.05) is 24.9 Å². The van der Waals surface area contributed by atoms with Crippen molar-refractivity contribution >= 4 is 21.4 Å². The van der Waals surface area contributed by atoms with Gasteiger partial charge < -0.3 is 16.4 Å². The first-order chi connectivity index (χ1) is 15.8. The maximum atomic E-state index is 14.3. The smallest absolute Gasteiger partial charge is 0.252 e. The van der Waals surface area contributed by atoms with E-state index in [9.17, 15) is 17.6 Å². The van der Waals surface area contributed by atoms with Crippen LogP contribution in [0, 0.1) is 0 Å². The summed E-state index contributed by atoms with van der Waals surface area (Å²) >= 11 is 0. The minimum absolute atomic E-state index is 0.203. The number of halogens is 1. The lowest BCUT2D eigenvalue weighted by Crippen LogP contribution is -2.45. The predicted molar refractivity (Wildman–Crippen MR) is 124 cm³/mol. The van der Waals surface area contributed by atoms with Crippen molar-refractivity contribution in [2.75, 3.05) is 18.4 Å². The standard InChI is InChI=1S/C24H25FN4O3S/c25-21-15-27-11-10-22(21)29-23-13-17(28-14-20(23)24(26)30)12-16-6-8-19(9-7-16)33(31,32)18-4-2-1-3-5-18/h1-9,13-14,21-22,27H,10-12,15H2,(H2,26,30)(H,28,29)/t21-,22+/m0/s1. The molecule has 172 valence electrons. The number of carbonyl (C=O) groups is 1. The highest BCUT2D eigenvalue weighted by molar-refractivity contribution is 7.91. The maximum Gasteiger partial charge on any atom is 0.252 e. The number of nitrogens with two attached hydrogens (primary N) is 1. The summed E-state index contributed by atoms with van der Waals surface area (Å²) in [6.45, 7) is 0.930. The van der Waals surface area contributed by atoms with E-state index in [0.29, 0.717) is 30.8 Å². The summed E-state index contributed by atoms with van der Waals surface area (Å²) in [5.41, 5.74) is 7.62. The van der Waals surface area contributed by atoms with E-state index in [1.165, 1.54) is 6.20 Å². The second kappa shape index (κ2) is 9.68. The number of rotatable bonds is 7. The highest BCUT2D eigenvalue weighted by atomic mass is 32.2. The SMILES string of the molecule is NC(=O)c1cnc(Cc2ccc(S(=O)(=O)c3ccccc3)cc2)cc1N[C@@H]1CCNC[C@@H]1F. The third kappa shape index (κ3) is 5.20. The molecule has 0 radical (unpaired) electrons. The molecule has 3 aromatic rings. The number of sulfone groups is 1. The fourth-order valence-corrected chi connectivity index (χ4v) is 5.11. The number of hydrogen-bond donors (Lipinski definition) is 3. The van der Waals surface area contributed by atoms with E-state index in [1.54, 1.807) is 60.7 Å². The molecule has 4 N–H and O–H groups in total. The van der Waals surface area contributed by atoms with Crippen LogP contribution >= 0.6 is 0 Å². The zero-order valence-corrected chi connectivity index (χ0v) is 18.7. The van der Waals surface area contributed by atoms with Crippen LogP contribution in [0.4, 0.5) is 10.1 Å². The summed E-state index contributed by atoms with van der Waals surface area (Å²) in [7, 11) is -3.59. The molecule has 0 unspecified atom stereocenters. The molecule has 2 atom stereocenters. The molecule has 1 aliphatic heterocycles. The molecule has 9 heteroatoms. The minimum atomic E-state index is -3.59. The van der Waals surface area contributed by atoms with E-state index in [0.717, 1.165) is 5.56 Å². The van der Waals surface area contributed by atoms with Crippen LogP contribution in [0.25, 0.3) is 0 Å². The maximum absolute atomic E-state index is 14.3. The van der Waals surface area contributed by atoms with Gasteiger partial charge in [-0.1, -0.05) is 30.3 Å². The van der Waals surface area contributed by atoms with Gasteiger partial charge in [-0.3, -0.25) is 9.78 Å². The Morgan fingerprint density at radius 3 is 2.48 bits per heavy atom. The molecule has 0 spiro atoms. The Bertz CT molecular complexity index is 1230. The molecular formula is C24H25FN4O3S. The third-order valence-corrected chi connectivity index (χ3v) is 7.43. The zero-order valence-electron chi connectivity index (χ0n) is 17.9. The number of primary amides is 1. The van der Waals surface area contributed by atoms with Crippen molar-refractivity contribution in [2.24, 2.45) is 5.73 Å². The monoisotopic (exact) mass is 468 g/mol. The first kappa shape index (κ1) is 22.9. The molecule has 1 saturated heterocycles. The fraction of sp³-hybridized carbons (Fsp3) is 0.250. The molecular weight excluding hydrogens is 443 g/mol. The van der Waals surface area contributed by atoms with Crippen molar-refractivity contribution in [2.45, 2.75) is 34.8 Å².